The van der Waals surface area contributed by atoms with Crippen molar-refractivity contribution in [2.45, 2.75) is 31.6 Å². The van der Waals surface area contributed by atoms with Crippen molar-refractivity contribution >= 4 is 37.5 Å². The lowest BCUT2D eigenvalue weighted by atomic mass is 10.1. The molecule has 1 amide bonds. The first-order valence-corrected chi connectivity index (χ1v) is 12.7. The van der Waals surface area contributed by atoms with E-state index in [1.54, 1.807) is 42.5 Å². The van der Waals surface area contributed by atoms with Gasteiger partial charge in [0.15, 0.2) is 0 Å². The molecule has 0 atom stereocenters. The van der Waals surface area contributed by atoms with Crippen molar-refractivity contribution in [2.24, 2.45) is 0 Å². The van der Waals surface area contributed by atoms with E-state index in [1.165, 1.54) is 11.1 Å². The van der Waals surface area contributed by atoms with Crippen LogP contribution in [0.15, 0.2) is 82.2 Å². The highest BCUT2D eigenvalue weighted by atomic mass is 79.9. The van der Waals surface area contributed by atoms with Gasteiger partial charge in [0.2, 0.25) is 5.91 Å². The molecule has 0 heterocycles. The summed E-state index contributed by atoms with van der Waals surface area (Å²) < 4.78 is 28.6. The number of carbonyl (C=O) groups is 1. The van der Waals surface area contributed by atoms with Gasteiger partial charge in [0.05, 0.1) is 10.6 Å². The number of sulfonamides is 1. The van der Waals surface area contributed by atoms with Crippen LogP contribution in [0.5, 0.6) is 0 Å². The maximum Gasteiger partial charge on any atom is 0.264 e. The van der Waals surface area contributed by atoms with Gasteiger partial charge in [0.25, 0.3) is 10.0 Å². The minimum absolute atomic E-state index is 0.148. The highest BCUT2D eigenvalue weighted by Gasteiger charge is 2.27. The van der Waals surface area contributed by atoms with Crippen molar-refractivity contribution in [1.29, 1.82) is 0 Å². The van der Waals surface area contributed by atoms with Crippen molar-refractivity contribution < 1.29 is 13.2 Å². The van der Waals surface area contributed by atoms with Crippen LogP contribution < -0.4 is 9.62 Å². The third kappa shape index (κ3) is 6.43. The van der Waals surface area contributed by atoms with Crippen LogP contribution in [0.2, 0.25) is 0 Å². The fraction of sp³-hybridized carbons (Fsp3) is 0.240. The molecular weight excluding hydrogens is 488 g/mol. The van der Waals surface area contributed by atoms with Crippen molar-refractivity contribution in [3.05, 3.63) is 94.0 Å². The Kier molecular flexibility index (Phi) is 8.10. The summed E-state index contributed by atoms with van der Waals surface area (Å²) in [5.41, 5.74) is 3.81. The Labute approximate surface area is 198 Å². The average molecular weight is 515 g/mol. The molecule has 5 nitrogen and oxygen atoms in total. The lowest BCUT2D eigenvalue weighted by Crippen LogP contribution is -2.41. The molecule has 7 heteroatoms. The summed E-state index contributed by atoms with van der Waals surface area (Å²) in [7, 11) is -3.91. The lowest BCUT2D eigenvalue weighted by Gasteiger charge is -2.24. The van der Waals surface area contributed by atoms with Gasteiger partial charge in [-0.05, 0) is 62.6 Å². The number of nitrogens with one attached hydrogen (secondary N) is 1. The molecule has 0 unspecified atom stereocenters. The van der Waals surface area contributed by atoms with Crippen LogP contribution in [0.4, 0.5) is 5.69 Å². The molecule has 0 aliphatic carbocycles. The molecule has 0 radical (unpaired) electrons. The Hall–Kier alpha value is -2.64. The summed E-state index contributed by atoms with van der Waals surface area (Å²) in [6.07, 6.45) is 1.62. The molecule has 3 aromatic rings. The van der Waals surface area contributed by atoms with Gasteiger partial charge in [-0.1, -0.05) is 69.5 Å². The van der Waals surface area contributed by atoms with E-state index >= 15 is 0 Å². The van der Waals surface area contributed by atoms with Gasteiger partial charge < -0.3 is 5.32 Å². The van der Waals surface area contributed by atoms with Crippen molar-refractivity contribution in [3.8, 4) is 0 Å². The molecule has 0 fully saturated rings. The Morgan fingerprint density at radius 2 is 1.66 bits per heavy atom. The number of amides is 1. The number of hydrogen-bond donors (Lipinski definition) is 1. The number of nitrogens with zero attached hydrogens (tertiary/aromatic N) is 1. The SMILES string of the molecule is Cc1ccc(S(=O)(=O)N(CC(=O)NCCCc2cccc(C)c2)c2cccc(Br)c2)cc1. The Balaban J connectivity index is 1.71. The van der Waals surface area contributed by atoms with E-state index in [0.29, 0.717) is 12.2 Å². The van der Waals surface area contributed by atoms with E-state index in [4.69, 9.17) is 0 Å². The summed E-state index contributed by atoms with van der Waals surface area (Å²) >= 11 is 3.39. The number of hydrogen-bond acceptors (Lipinski definition) is 3. The molecule has 0 aromatic heterocycles. The predicted molar refractivity (Wildman–Crippen MR) is 132 cm³/mol. The fourth-order valence-electron chi connectivity index (χ4n) is 3.36. The molecule has 0 bridgehead atoms. The van der Waals surface area contributed by atoms with E-state index in [9.17, 15) is 13.2 Å². The summed E-state index contributed by atoms with van der Waals surface area (Å²) in [4.78, 5) is 12.8. The van der Waals surface area contributed by atoms with Crippen LogP contribution in [-0.4, -0.2) is 27.4 Å². The molecule has 1 N–H and O–H groups in total. The van der Waals surface area contributed by atoms with Crippen LogP contribution >= 0.6 is 15.9 Å². The summed E-state index contributed by atoms with van der Waals surface area (Å²) in [5.74, 6) is -0.343. The first-order valence-electron chi connectivity index (χ1n) is 10.4. The van der Waals surface area contributed by atoms with Gasteiger partial charge in [0, 0.05) is 11.0 Å². The van der Waals surface area contributed by atoms with E-state index in [0.717, 1.165) is 27.2 Å². The van der Waals surface area contributed by atoms with Gasteiger partial charge in [-0.3, -0.25) is 9.10 Å². The zero-order valence-corrected chi connectivity index (χ0v) is 20.6. The topological polar surface area (TPSA) is 66.5 Å². The second kappa shape index (κ2) is 10.8. The fourth-order valence-corrected chi connectivity index (χ4v) is 5.16. The molecule has 3 aromatic carbocycles. The largest absolute Gasteiger partial charge is 0.355 e. The lowest BCUT2D eigenvalue weighted by molar-refractivity contribution is -0.119. The summed E-state index contributed by atoms with van der Waals surface area (Å²) in [5, 5.41) is 2.86. The second-order valence-corrected chi connectivity index (χ2v) is 10.5. The van der Waals surface area contributed by atoms with E-state index in [-0.39, 0.29) is 17.3 Å². The number of benzene rings is 3. The zero-order chi connectivity index (χ0) is 23.1. The van der Waals surface area contributed by atoms with Crippen molar-refractivity contribution in [2.75, 3.05) is 17.4 Å². The molecule has 0 spiro atoms. The minimum Gasteiger partial charge on any atom is -0.355 e. The third-order valence-corrected chi connectivity index (χ3v) is 7.32. The van der Waals surface area contributed by atoms with Crippen molar-refractivity contribution in [1.82, 2.24) is 5.32 Å². The van der Waals surface area contributed by atoms with Crippen LogP contribution in [0, 0.1) is 13.8 Å². The Bertz CT molecular complexity index is 1180. The van der Waals surface area contributed by atoms with Crippen LogP contribution in [-0.2, 0) is 21.2 Å². The van der Waals surface area contributed by atoms with Gasteiger partial charge in [0.1, 0.15) is 6.54 Å². The molecular formula is C25H27BrN2O3S. The maximum absolute atomic E-state index is 13.4. The van der Waals surface area contributed by atoms with Gasteiger partial charge in [-0.2, -0.15) is 0 Å². The van der Waals surface area contributed by atoms with Crippen LogP contribution in [0.3, 0.4) is 0 Å². The van der Waals surface area contributed by atoms with Crippen LogP contribution in [0.25, 0.3) is 0 Å². The Morgan fingerprint density at radius 1 is 0.938 bits per heavy atom. The van der Waals surface area contributed by atoms with Crippen LogP contribution in [0.1, 0.15) is 23.1 Å². The average Bonchev–Trinajstić information content (AvgIpc) is 2.75. The normalized spacial score (nSPS) is 11.2. The van der Waals surface area contributed by atoms with Gasteiger partial charge >= 0.3 is 0 Å². The summed E-state index contributed by atoms with van der Waals surface area (Å²) in [6.45, 7) is 4.13. The quantitative estimate of drug-likeness (QED) is 0.408. The minimum atomic E-state index is -3.91. The van der Waals surface area contributed by atoms with E-state index in [1.807, 2.05) is 19.1 Å². The number of rotatable bonds is 9. The second-order valence-electron chi connectivity index (χ2n) is 7.75. The summed E-state index contributed by atoms with van der Waals surface area (Å²) in [6, 6.07) is 21.8. The Morgan fingerprint density at radius 3 is 2.34 bits per heavy atom. The number of aryl methyl sites for hydroxylation is 3. The third-order valence-electron chi connectivity index (χ3n) is 5.04. The number of halogens is 1. The maximum atomic E-state index is 13.4. The molecule has 32 heavy (non-hydrogen) atoms. The van der Waals surface area contributed by atoms with Gasteiger partial charge in [-0.25, -0.2) is 8.42 Å². The highest BCUT2D eigenvalue weighted by molar-refractivity contribution is 9.10. The molecule has 0 aliphatic rings. The standard InChI is InChI=1S/C25H27BrN2O3S/c1-19-11-13-24(14-12-19)32(30,31)28(23-10-4-9-22(26)17-23)18-25(29)27-15-5-8-21-7-3-6-20(2)16-21/h3-4,6-7,9-14,16-17H,5,8,15,18H2,1-2H3,(H,27,29). The number of carbonyl (C=O) groups excluding carboxylic acids is 1. The highest BCUT2D eigenvalue weighted by Crippen LogP contribution is 2.26. The van der Waals surface area contributed by atoms with Gasteiger partial charge in [-0.15, -0.1) is 0 Å². The van der Waals surface area contributed by atoms with E-state index < -0.39 is 10.0 Å². The molecule has 3 rings (SSSR count). The first-order chi connectivity index (χ1) is 15.3. The smallest absolute Gasteiger partial charge is 0.264 e. The van der Waals surface area contributed by atoms with E-state index in [2.05, 4.69) is 46.4 Å². The molecule has 0 saturated heterocycles. The zero-order valence-electron chi connectivity index (χ0n) is 18.2. The molecule has 0 aliphatic heterocycles. The molecule has 168 valence electrons. The number of anilines is 1. The van der Waals surface area contributed by atoms with Crippen molar-refractivity contribution in [3.63, 3.8) is 0 Å². The molecule has 0 saturated carbocycles. The first kappa shape index (κ1) is 24.0. The monoisotopic (exact) mass is 514 g/mol. The predicted octanol–water partition coefficient (Wildman–Crippen LogP) is 5.01.